The van der Waals surface area contributed by atoms with Crippen molar-refractivity contribution in [3.8, 4) is 6.07 Å². The van der Waals surface area contributed by atoms with Crippen LogP contribution in [0.4, 0.5) is 5.69 Å². The fourth-order valence-corrected chi connectivity index (χ4v) is 2.86. The molecule has 1 N–H and O–H groups in total. The van der Waals surface area contributed by atoms with Crippen molar-refractivity contribution in [3.63, 3.8) is 0 Å². The predicted octanol–water partition coefficient (Wildman–Crippen LogP) is 2.29. The van der Waals surface area contributed by atoms with E-state index in [2.05, 4.69) is 0 Å². The second-order valence-electron chi connectivity index (χ2n) is 5.85. The lowest BCUT2D eigenvalue weighted by atomic mass is 10.1. The molecule has 1 aliphatic rings. The van der Waals surface area contributed by atoms with Crippen LogP contribution in [-0.2, 0) is 9.59 Å². The van der Waals surface area contributed by atoms with Gasteiger partial charge >= 0.3 is 5.97 Å². The molecule has 1 aromatic rings. The van der Waals surface area contributed by atoms with Crippen LogP contribution in [-0.4, -0.2) is 23.5 Å². The van der Waals surface area contributed by atoms with Crippen molar-refractivity contribution in [2.45, 2.75) is 20.3 Å². The normalized spacial score (nSPS) is 22.1. The molecule has 2 atom stereocenters. The van der Waals surface area contributed by atoms with Crippen molar-refractivity contribution in [1.82, 2.24) is 0 Å². The van der Waals surface area contributed by atoms with Gasteiger partial charge in [0.15, 0.2) is 0 Å². The SMILES string of the molecule is CC1(C)[C@H](C(=O)O)[C@@H]1C(=O)N(CCC#N)c1ccccc1. The number of nitrogens with zero attached hydrogens (tertiary/aromatic N) is 2. The molecule has 0 unspecified atom stereocenters. The van der Waals surface area contributed by atoms with E-state index < -0.39 is 23.2 Å². The second-order valence-corrected chi connectivity index (χ2v) is 5.85. The Bertz CT molecular complexity index is 589. The summed E-state index contributed by atoms with van der Waals surface area (Å²) in [6.07, 6.45) is 0.214. The first-order chi connectivity index (χ1) is 9.91. The van der Waals surface area contributed by atoms with Crippen molar-refractivity contribution in [3.05, 3.63) is 30.3 Å². The highest BCUT2D eigenvalue weighted by molar-refractivity contribution is 6.01. The molecule has 2 rings (SSSR count). The molecule has 1 amide bonds. The maximum Gasteiger partial charge on any atom is 0.307 e. The summed E-state index contributed by atoms with van der Waals surface area (Å²) in [5.41, 5.74) is 0.160. The summed E-state index contributed by atoms with van der Waals surface area (Å²) >= 11 is 0. The van der Waals surface area contributed by atoms with Crippen LogP contribution in [0.15, 0.2) is 30.3 Å². The summed E-state index contributed by atoms with van der Waals surface area (Å²) in [6, 6.07) is 11.1. The molecule has 0 aromatic heterocycles. The molecule has 0 aliphatic heterocycles. The quantitative estimate of drug-likeness (QED) is 0.900. The highest BCUT2D eigenvalue weighted by Crippen LogP contribution is 2.59. The molecule has 1 fully saturated rings. The Balaban J connectivity index is 2.25. The molecule has 5 heteroatoms. The molecule has 0 heterocycles. The molecule has 0 radical (unpaired) electrons. The topological polar surface area (TPSA) is 81.4 Å². The van der Waals surface area contributed by atoms with E-state index >= 15 is 0 Å². The minimum absolute atomic E-state index is 0.214. The first-order valence-electron chi connectivity index (χ1n) is 6.87. The molecule has 1 saturated carbocycles. The second kappa shape index (κ2) is 5.57. The van der Waals surface area contributed by atoms with E-state index in [9.17, 15) is 14.7 Å². The number of carboxylic acid groups (broad SMARTS) is 1. The largest absolute Gasteiger partial charge is 0.481 e. The monoisotopic (exact) mass is 286 g/mol. The van der Waals surface area contributed by atoms with Crippen LogP contribution in [0.5, 0.6) is 0 Å². The first-order valence-corrected chi connectivity index (χ1v) is 6.87. The number of carbonyl (C=O) groups is 2. The Morgan fingerprint density at radius 1 is 1.29 bits per heavy atom. The number of para-hydroxylation sites is 1. The van der Waals surface area contributed by atoms with Gasteiger partial charge in [0.1, 0.15) is 0 Å². The Hall–Kier alpha value is -2.35. The smallest absolute Gasteiger partial charge is 0.307 e. The van der Waals surface area contributed by atoms with Crippen molar-refractivity contribution in [1.29, 1.82) is 5.26 Å². The summed E-state index contributed by atoms with van der Waals surface area (Å²) in [5, 5.41) is 18.0. The van der Waals surface area contributed by atoms with Crippen molar-refractivity contribution in [2.24, 2.45) is 17.3 Å². The fourth-order valence-electron chi connectivity index (χ4n) is 2.86. The lowest BCUT2D eigenvalue weighted by Crippen LogP contribution is -2.34. The summed E-state index contributed by atoms with van der Waals surface area (Å²) in [5.74, 6) is -2.34. The molecule has 5 nitrogen and oxygen atoms in total. The van der Waals surface area contributed by atoms with Crippen LogP contribution in [0, 0.1) is 28.6 Å². The minimum Gasteiger partial charge on any atom is -0.481 e. The maximum absolute atomic E-state index is 12.7. The lowest BCUT2D eigenvalue weighted by Gasteiger charge is -2.22. The van der Waals surface area contributed by atoms with Gasteiger partial charge in [-0.15, -0.1) is 0 Å². The van der Waals surface area contributed by atoms with E-state index in [1.807, 2.05) is 24.3 Å². The number of carboxylic acids is 1. The van der Waals surface area contributed by atoms with Gasteiger partial charge in [0.2, 0.25) is 5.91 Å². The number of nitriles is 1. The number of rotatable bonds is 5. The predicted molar refractivity (Wildman–Crippen MR) is 77.4 cm³/mol. The highest BCUT2D eigenvalue weighted by Gasteiger charge is 2.66. The van der Waals surface area contributed by atoms with E-state index in [1.54, 1.807) is 26.0 Å². The van der Waals surface area contributed by atoms with Crippen molar-refractivity contribution >= 4 is 17.6 Å². The lowest BCUT2D eigenvalue weighted by molar-refractivity contribution is -0.140. The molecule has 0 bridgehead atoms. The van der Waals surface area contributed by atoms with E-state index in [0.717, 1.165) is 0 Å². The molecular weight excluding hydrogens is 268 g/mol. The van der Waals surface area contributed by atoms with Gasteiger partial charge in [-0.25, -0.2) is 0 Å². The van der Waals surface area contributed by atoms with Crippen LogP contribution in [0.2, 0.25) is 0 Å². The molecule has 110 valence electrons. The number of aliphatic carboxylic acids is 1. The third-order valence-corrected chi connectivity index (χ3v) is 4.14. The third-order valence-electron chi connectivity index (χ3n) is 4.14. The van der Waals surface area contributed by atoms with E-state index in [1.165, 1.54) is 4.90 Å². The van der Waals surface area contributed by atoms with Crippen LogP contribution in [0.25, 0.3) is 0 Å². The zero-order chi connectivity index (χ0) is 15.6. The Morgan fingerprint density at radius 3 is 2.38 bits per heavy atom. The van der Waals surface area contributed by atoms with Gasteiger partial charge in [-0.1, -0.05) is 32.0 Å². The van der Waals surface area contributed by atoms with Gasteiger partial charge in [-0.3, -0.25) is 9.59 Å². The Labute approximate surface area is 123 Å². The van der Waals surface area contributed by atoms with Crippen molar-refractivity contribution < 1.29 is 14.7 Å². The maximum atomic E-state index is 12.7. The van der Waals surface area contributed by atoms with Gasteiger partial charge in [-0.05, 0) is 17.5 Å². The van der Waals surface area contributed by atoms with Gasteiger partial charge in [0.05, 0.1) is 24.3 Å². The molecular formula is C16H18N2O3. The summed E-state index contributed by atoms with van der Waals surface area (Å²) < 4.78 is 0. The van der Waals surface area contributed by atoms with Crippen molar-refractivity contribution in [2.75, 3.05) is 11.4 Å². The first kappa shape index (κ1) is 15.0. The number of hydrogen-bond acceptors (Lipinski definition) is 3. The molecule has 0 spiro atoms. The van der Waals surface area contributed by atoms with Gasteiger partial charge in [0, 0.05) is 12.2 Å². The number of benzene rings is 1. The molecule has 1 aromatic carbocycles. The van der Waals surface area contributed by atoms with Gasteiger partial charge < -0.3 is 10.0 Å². The Kier molecular flexibility index (Phi) is 3.99. The zero-order valence-corrected chi connectivity index (χ0v) is 12.1. The molecule has 0 saturated heterocycles. The molecule has 21 heavy (non-hydrogen) atoms. The van der Waals surface area contributed by atoms with Crippen LogP contribution in [0.3, 0.4) is 0 Å². The van der Waals surface area contributed by atoms with E-state index in [4.69, 9.17) is 5.26 Å². The van der Waals surface area contributed by atoms with E-state index in [-0.39, 0.29) is 18.9 Å². The zero-order valence-electron chi connectivity index (χ0n) is 12.1. The minimum atomic E-state index is -0.938. The highest BCUT2D eigenvalue weighted by atomic mass is 16.4. The summed E-state index contributed by atoms with van der Waals surface area (Å²) in [6.45, 7) is 3.86. The average Bonchev–Trinajstić information content (AvgIpc) is 3.03. The standard InChI is InChI=1S/C16H18N2O3/c1-16(2)12(13(16)15(20)21)14(19)18(10-6-9-17)11-7-4-3-5-8-11/h3-5,7-8,12-13H,6,10H2,1-2H3,(H,20,21)/t12-,13+/m1/s1. The Morgan fingerprint density at radius 2 is 1.90 bits per heavy atom. The number of carbonyl (C=O) groups excluding carboxylic acids is 1. The van der Waals surface area contributed by atoms with E-state index in [0.29, 0.717) is 5.69 Å². The molecule has 1 aliphatic carbocycles. The summed E-state index contributed by atoms with van der Waals surface area (Å²) in [4.78, 5) is 25.5. The third kappa shape index (κ3) is 2.75. The average molecular weight is 286 g/mol. The van der Waals surface area contributed by atoms with Gasteiger partial charge in [-0.2, -0.15) is 5.26 Å². The fraction of sp³-hybridized carbons (Fsp3) is 0.438. The number of hydrogen-bond donors (Lipinski definition) is 1. The number of anilines is 1. The van der Waals surface area contributed by atoms with Crippen LogP contribution >= 0.6 is 0 Å². The van der Waals surface area contributed by atoms with Crippen LogP contribution < -0.4 is 4.90 Å². The van der Waals surface area contributed by atoms with Crippen LogP contribution in [0.1, 0.15) is 20.3 Å². The summed E-state index contributed by atoms with van der Waals surface area (Å²) in [7, 11) is 0. The van der Waals surface area contributed by atoms with Gasteiger partial charge in [0.25, 0.3) is 0 Å². The number of amides is 1.